The Kier molecular flexibility index (Phi) is 4.81. The first-order valence-corrected chi connectivity index (χ1v) is 6.79. The van der Waals surface area contributed by atoms with Crippen molar-refractivity contribution < 1.29 is 5.11 Å². The van der Waals surface area contributed by atoms with Crippen LogP contribution in [0.1, 0.15) is 12.2 Å². The molecule has 0 bridgehead atoms. The fourth-order valence-corrected chi connectivity index (χ4v) is 2.02. The van der Waals surface area contributed by atoms with Gasteiger partial charge < -0.3 is 10.4 Å². The van der Waals surface area contributed by atoms with Crippen LogP contribution in [0, 0.1) is 6.92 Å². The Morgan fingerprint density at radius 3 is 2.84 bits per heavy atom. The van der Waals surface area contributed by atoms with Crippen molar-refractivity contribution in [3.05, 3.63) is 34.8 Å². The van der Waals surface area contributed by atoms with Gasteiger partial charge in [0.15, 0.2) is 0 Å². The van der Waals surface area contributed by atoms with Gasteiger partial charge in [-0.3, -0.25) is 4.98 Å². The molecule has 2 aromatic rings. The first-order valence-electron chi connectivity index (χ1n) is 6.00. The first-order chi connectivity index (χ1) is 9.19. The van der Waals surface area contributed by atoms with Crippen LogP contribution in [0.25, 0.3) is 11.3 Å². The quantitative estimate of drug-likeness (QED) is 0.827. The number of anilines is 1. The third-order valence-electron chi connectivity index (χ3n) is 2.48. The zero-order valence-electron chi connectivity index (χ0n) is 10.6. The number of halogens is 1. The number of aliphatic hydroxyl groups is 1. The van der Waals surface area contributed by atoms with Gasteiger partial charge in [-0.2, -0.15) is 0 Å². The van der Waals surface area contributed by atoms with E-state index in [0.717, 1.165) is 21.5 Å². The molecule has 0 fully saturated rings. The molecule has 0 saturated carbocycles. The summed E-state index contributed by atoms with van der Waals surface area (Å²) in [5.41, 5.74) is 1.76. The topological polar surface area (TPSA) is 70.9 Å². The number of aryl methyl sites for hydroxylation is 1. The Morgan fingerprint density at radius 2 is 2.11 bits per heavy atom. The molecule has 0 aromatic carbocycles. The SMILES string of the molecule is Cc1nc(NCCCO)cc(-c2cncc(Br)c2)n1. The number of hydrogen-bond acceptors (Lipinski definition) is 5. The van der Waals surface area contributed by atoms with Gasteiger partial charge in [-0.15, -0.1) is 0 Å². The van der Waals surface area contributed by atoms with E-state index in [1.807, 2.05) is 19.1 Å². The monoisotopic (exact) mass is 322 g/mol. The smallest absolute Gasteiger partial charge is 0.130 e. The van der Waals surface area contributed by atoms with Crippen LogP contribution in [0.3, 0.4) is 0 Å². The van der Waals surface area contributed by atoms with Crippen LogP contribution < -0.4 is 5.32 Å². The normalized spacial score (nSPS) is 10.5. The Hall–Kier alpha value is -1.53. The molecule has 0 aliphatic rings. The van der Waals surface area contributed by atoms with Gasteiger partial charge in [0.1, 0.15) is 11.6 Å². The van der Waals surface area contributed by atoms with Crippen molar-refractivity contribution in [1.82, 2.24) is 15.0 Å². The lowest BCUT2D eigenvalue weighted by atomic mass is 10.2. The van der Waals surface area contributed by atoms with Gasteiger partial charge in [0.2, 0.25) is 0 Å². The minimum atomic E-state index is 0.166. The van der Waals surface area contributed by atoms with Crippen molar-refractivity contribution in [2.45, 2.75) is 13.3 Å². The van der Waals surface area contributed by atoms with Gasteiger partial charge in [0.05, 0.1) is 5.69 Å². The second-order valence-electron chi connectivity index (χ2n) is 4.08. The highest BCUT2D eigenvalue weighted by Gasteiger charge is 2.05. The second kappa shape index (κ2) is 6.58. The molecule has 0 spiro atoms. The Bertz CT molecular complexity index is 562. The maximum atomic E-state index is 8.78. The highest BCUT2D eigenvalue weighted by atomic mass is 79.9. The molecular weight excluding hydrogens is 308 g/mol. The summed E-state index contributed by atoms with van der Waals surface area (Å²) in [5, 5.41) is 11.9. The van der Waals surface area contributed by atoms with Crippen molar-refractivity contribution in [3.63, 3.8) is 0 Å². The number of rotatable bonds is 5. The van der Waals surface area contributed by atoms with E-state index in [9.17, 15) is 0 Å². The van der Waals surface area contributed by atoms with Crippen molar-refractivity contribution in [3.8, 4) is 11.3 Å². The molecule has 0 radical (unpaired) electrons. The van der Waals surface area contributed by atoms with Crippen LogP contribution in [-0.2, 0) is 0 Å². The number of nitrogens with zero attached hydrogens (tertiary/aromatic N) is 3. The average molecular weight is 323 g/mol. The van der Waals surface area contributed by atoms with Gasteiger partial charge in [-0.05, 0) is 35.3 Å². The largest absolute Gasteiger partial charge is 0.396 e. The molecule has 5 nitrogen and oxygen atoms in total. The van der Waals surface area contributed by atoms with Gasteiger partial charge in [-0.25, -0.2) is 9.97 Å². The maximum absolute atomic E-state index is 8.78. The van der Waals surface area contributed by atoms with Crippen LogP contribution in [-0.4, -0.2) is 33.2 Å². The number of hydrogen-bond donors (Lipinski definition) is 2. The fourth-order valence-electron chi connectivity index (χ4n) is 1.65. The summed E-state index contributed by atoms with van der Waals surface area (Å²) in [6.45, 7) is 2.70. The van der Waals surface area contributed by atoms with E-state index in [1.165, 1.54) is 0 Å². The number of nitrogens with one attached hydrogen (secondary N) is 1. The number of aromatic nitrogens is 3. The third kappa shape index (κ3) is 3.97. The molecule has 2 aromatic heterocycles. The molecule has 0 amide bonds. The van der Waals surface area contributed by atoms with E-state index in [1.54, 1.807) is 12.4 Å². The molecule has 0 saturated heterocycles. The van der Waals surface area contributed by atoms with E-state index in [-0.39, 0.29) is 6.61 Å². The summed E-state index contributed by atoms with van der Waals surface area (Å²) in [6, 6.07) is 3.85. The van der Waals surface area contributed by atoms with Crippen LogP contribution in [0.5, 0.6) is 0 Å². The first kappa shape index (κ1) is 13.9. The molecular formula is C13H15BrN4O. The van der Waals surface area contributed by atoms with Gasteiger partial charge in [-0.1, -0.05) is 0 Å². The number of pyridine rings is 1. The van der Waals surface area contributed by atoms with Gasteiger partial charge >= 0.3 is 0 Å². The molecule has 100 valence electrons. The summed E-state index contributed by atoms with van der Waals surface area (Å²) in [5.74, 6) is 1.46. The highest BCUT2D eigenvalue weighted by molar-refractivity contribution is 9.10. The highest BCUT2D eigenvalue weighted by Crippen LogP contribution is 2.22. The Balaban J connectivity index is 2.26. The summed E-state index contributed by atoms with van der Waals surface area (Å²) < 4.78 is 0.913. The summed E-state index contributed by atoms with van der Waals surface area (Å²) in [6.07, 6.45) is 4.19. The zero-order chi connectivity index (χ0) is 13.7. The van der Waals surface area contributed by atoms with Crippen LogP contribution >= 0.6 is 15.9 Å². The van der Waals surface area contributed by atoms with Gasteiger partial charge in [0, 0.05) is 41.6 Å². The maximum Gasteiger partial charge on any atom is 0.130 e. The van der Waals surface area contributed by atoms with E-state index < -0.39 is 0 Å². The molecule has 2 heterocycles. The van der Waals surface area contributed by atoms with E-state index in [4.69, 9.17) is 5.11 Å². The van der Waals surface area contributed by atoms with E-state index >= 15 is 0 Å². The van der Waals surface area contributed by atoms with Crippen molar-refractivity contribution >= 4 is 21.7 Å². The number of aliphatic hydroxyl groups excluding tert-OH is 1. The lowest BCUT2D eigenvalue weighted by molar-refractivity contribution is 0.292. The van der Waals surface area contributed by atoms with Crippen LogP contribution in [0.2, 0.25) is 0 Å². The summed E-state index contributed by atoms with van der Waals surface area (Å²) in [4.78, 5) is 12.9. The molecule has 2 N–H and O–H groups in total. The molecule has 0 unspecified atom stereocenters. The minimum Gasteiger partial charge on any atom is -0.396 e. The fraction of sp³-hybridized carbons (Fsp3) is 0.308. The van der Waals surface area contributed by atoms with E-state index in [0.29, 0.717) is 18.8 Å². The zero-order valence-corrected chi connectivity index (χ0v) is 12.2. The molecule has 0 aliphatic heterocycles. The molecule has 19 heavy (non-hydrogen) atoms. The second-order valence-corrected chi connectivity index (χ2v) is 5.00. The molecule has 2 rings (SSSR count). The predicted molar refractivity (Wildman–Crippen MR) is 77.9 cm³/mol. The Labute approximate surface area is 120 Å². The van der Waals surface area contributed by atoms with Crippen molar-refractivity contribution in [1.29, 1.82) is 0 Å². The lowest BCUT2D eigenvalue weighted by Crippen LogP contribution is -2.06. The van der Waals surface area contributed by atoms with Crippen LogP contribution in [0.15, 0.2) is 29.0 Å². The van der Waals surface area contributed by atoms with Gasteiger partial charge in [0.25, 0.3) is 0 Å². The predicted octanol–water partition coefficient (Wildman–Crippen LogP) is 2.40. The Morgan fingerprint density at radius 1 is 1.26 bits per heavy atom. The standard InChI is InChI=1S/C13H15BrN4O/c1-9-17-12(10-5-11(14)8-15-7-10)6-13(18-9)16-3-2-4-19/h5-8,19H,2-4H2,1H3,(H,16,17,18). The third-order valence-corrected chi connectivity index (χ3v) is 2.91. The molecule has 6 heteroatoms. The minimum absolute atomic E-state index is 0.166. The molecule has 0 atom stereocenters. The summed E-state index contributed by atoms with van der Waals surface area (Å²) in [7, 11) is 0. The average Bonchev–Trinajstić information content (AvgIpc) is 2.38. The van der Waals surface area contributed by atoms with Crippen molar-refractivity contribution in [2.75, 3.05) is 18.5 Å². The van der Waals surface area contributed by atoms with Crippen molar-refractivity contribution in [2.24, 2.45) is 0 Å². The van der Waals surface area contributed by atoms with E-state index in [2.05, 4.69) is 36.2 Å². The lowest BCUT2D eigenvalue weighted by Gasteiger charge is -2.08. The summed E-state index contributed by atoms with van der Waals surface area (Å²) >= 11 is 3.40. The molecule has 0 aliphatic carbocycles. The van der Waals surface area contributed by atoms with Crippen LogP contribution in [0.4, 0.5) is 5.82 Å².